The van der Waals surface area contributed by atoms with Crippen molar-refractivity contribution in [3.63, 3.8) is 0 Å². The first kappa shape index (κ1) is 11.5. The number of aromatic nitrogens is 2. The summed E-state index contributed by atoms with van der Waals surface area (Å²) in [6.45, 7) is 0. The Kier molecular flexibility index (Phi) is 2.98. The lowest BCUT2D eigenvalue weighted by molar-refractivity contribution is 0.415. The van der Waals surface area contributed by atoms with Gasteiger partial charge in [-0.3, -0.25) is 0 Å². The topological polar surface area (TPSA) is 48.2 Å². The number of ether oxygens (including phenoxy) is 1. The molecule has 0 radical (unpaired) electrons. The number of fused-ring (bicyclic) bond motifs is 1. The number of nitrogens with zero attached hydrogens (tertiary/aromatic N) is 2. The van der Waals surface area contributed by atoms with Crippen molar-refractivity contribution in [3.05, 3.63) is 54.0 Å². The number of rotatable bonds is 3. The van der Waals surface area contributed by atoms with E-state index < -0.39 is 0 Å². The van der Waals surface area contributed by atoms with Crippen LogP contribution in [0.25, 0.3) is 23.4 Å². The Morgan fingerprint density at radius 3 is 2.68 bits per heavy atom. The first-order chi connectivity index (χ1) is 9.35. The van der Waals surface area contributed by atoms with Crippen LogP contribution in [0.1, 0.15) is 11.5 Å². The molecule has 1 aromatic carbocycles. The van der Waals surface area contributed by atoms with Gasteiger partial charge in [0.15, 0.2) is 11.2 Å². The number of pyridine rings is 1. The Hall–Kier alpha value is -2.62. The standard InChI is InChI=1S/C15H12N2O2/c1-18-12-7-4-11(5-8-12)6-9-14-17-15-13(19-14)3-2-10-16-15/h2-10H,1H3/b9-6+. The highest BCUT2D eigenvalue weighted by Crippen LogP contribution is 2.16. The minimum atomic E-state index is 0.546. The summed E-state index contributed by atoms with van der Waals surface area (Å²) in [7, 11) is 1.65. The molecule has 0 N–H and O–H groups in total. The van der Waals surface area contributed by atoms with Gasteiger partial charge in [-0.05, 0) is 35.9 Å². The number of oxazole rings is 1. The molecule has 0 unspecified atom stereocenters. The maximum atomic E-state index is 5.55. The normalized spacial score (nSPS) is 11.2. The molecule has 0 saturated carbocycles. The van der Waals surface area contributed by atoms with Crippen molar-refractivity contribution in [2.24, 2.45) is 0 Å². The predicted octanol–water partition coefficient (Wildman–Crippen LogP) is 3.40. The molecular formula is C15H12N2O2. The number of benzene rings is 1. The highest BCUT2D eigenvalue weighted by atomic mass is 16.5. The Labute approximate surface area is 110 Å². The van der Waals surface area contributed by atoms with Crippen LogP contribution in [0.3, 0.4) is 0 Å². The van der Waals surface area contributed by atoms with E-state index in [-0.39, 0.29) is 0 Å². The molecule has 2 aromatic heterocycles. The summed E-state index contributed by atoms with van der Waals surface area (Å²) in [6, 6.07) is 11.4. The van der Waals surface area contributed by atoms with Crippen LogP contribution >= 0.6 is 0 Å². The zero-order valence-corrected chi connectivity index (χ0v) is 10.4. The lowest BCUT2D eigenvalue weighted by atomic mass is 10.2. The molecule has 19 heavy (non-hydrogen) atoms. The van der Waals surface area contributed by atoms with Crippen LogP contribution in [0.2, 0.25) is 0 Å². The average molecular weight is 252 g/mol. The Morgan fingerprint density at radius 2 is 1.95 bits per heavy atom. The van der Waals surface area contributed by atoms with Gasteiger partial charge in [0.1, 0.15) is 5.75 Å². The zero-order valence-electron chi connectivity index (χ0n) is 10.4. The van der Waals surface area contributed by atoms with Crippen LogP contribution in [0.5, 0.6) is 5.75 Å². The predicted molar refractivity (Wildman–Crippen MR) is 73.7 cm³/mol. The maximum Gasteiger partial charge on any atom is 0.221 e. The quantitative estimate of drug-likeness (QED) is 0.716. The van der Waals surface area contributed by atoms with E-state index in [1.165, 1.54) is 0 Å². The molecule has 4 nitrogen and oxygen atoms in total. The van der Waals surface area contributed by atoms with Gasteiger partial charge in [0, 0.05) is 12.3 Å². The summed E-state index contributed by atoms with van der Waals surface area (Å²) in [5, 5.41) is 0. The average Bonchev–Trinajstić information content (AvgIpc) is 2.88. The van der Waals surface area contributed by atoms with Gasteiger partial charge in [-0.15, -0.1) is 0 Å². The number of hydrogen-bond donors (Lipinski definition) is 0. The molecule has 2 heterocycles. The van der Waals surface area contributed by atoms with Gasteiger partial charge in [0.2, 0.25) is 5.89 Å². The summed E-state index contributed by atoms with van der Waals surface area (Å²) in [5.41, 5.74) is 2.37. The fraction of sp³-hybridized carbons (Fsp3) is 0.0667. The van der Waals surface area contributed by atoms with Crippen LogP contribution < -0.4 is 4.74 Å². The van der Waals surface area contributed by atoms with Crippen LogP contribution in [0, 0.1) is 0 Å². The maximum absolute atomic E-state index is 5.55. The second kappa shape index (κ2) is 4.94. The van der Waals surface area contributed by atoms with E-state index in [0.717, 1.165) is 11.3 Å². The van der Waals surface area contributed by atoms with Crippen LogP contribution in [0.4, 0.5) is 0 Å². The molecule has 0 bridgehead atoms. The van der Waals surface area contributed by atoms with Gasteiger partial charge in [-0.25, -0.2) is 4.98 Å². The minimum Gasteiger partial charge on any atom is -0.497 e. The van der Waals surface area contributed by atoms with E-state index in [4.69, 9.17) is 9.15 Å². The highest BCUT2D eigenvalue weighted by Gasteiger charge is 2.02. The summed E-state index contributed by atoms with van der Waals surface area (Å²) in [4.78, 5) is 8.40. The summed E-state index contributed by atoms with van der Waals surface area (Å²) < 4.78 is 10.7. The van der Waals surface area contributed by atoms with E-state index in [9.17, 15) is 0 Å². The third kappa shape index (κ3) is 2.47. The van der Waals surface area contributed by atoms with Crippen molar-refractivity contribution in [2.75, 3.05) is 7.11 Å². The zero-order chi connectivity index (χ0) is 13.1. The van der Waals surface area contributed by atoms with Crippen molar-refractivity contribution in [3.8, 4) is 5.75 Å². The molecule has 0 aliphatic carbocycles. The SMILES string of the molecule is COc1ccc(/C=C/c2nc3ncccc3o2)cc1. The van der Waals surface area contributed by atoms with Gasteiger partial charge in [-0.2, -0.15) is 4.98 Å². The van der Waals surface area contributed by atoms with Gasteiger partial charge >= 0.3 is 0 Å². The molecule has 0 spiro atoms. The Bertz CT molecular complexity index is 681. The lowest BCUT2D eigenvalue weighted by Crippen LogP contribution is -1.81. The molecule has 3 aromatic rings. The van der Waals surface area contributed by atoms with Gasteiger partial charge < -0.3 is 9.15 Å². The molecule has 0 saturated heterocycles. The fourth-order valence-electron chi connectivity index (χ4n) is 1.74. The first-order valence-electron chi connectivity index (χ1n) is 5.89. The van der Waals surface area contributed by atoms with Crippen molar-refractivity contribution >= 4 is 23.4 Å². The Balaban J connectivity index is 1.84. The summed E-state index contributed by atoms with van der Waals surface area (Å²) >= 11 is 0. The smallest absolute Gasteiger partial charge is 0.221 e. The highest BCUT2D eigenvalue weighted by molar-refractivity contribution is 5.72. The van der Waals surface area contributed by atoms with Crippen molar-refractivity contribution in [1.82, 2.24) is 9.97 Å². The molecule has 0 amide bonds. The van der Waals surface area contributed by atoms with Gasteiger partial charge in [-0.1, -0.05) is 12.1 Å². The third-order valence-electron chi connectivity index (χ3n) is 2.72. The second-order valence-electron chi connectivity index (χ2n) is 3.98. The summed E-state index contributed by atoms with van der Waals surface area (Å²) in [5.74, 6) is 1.38. The van der Waals surface area contributed by atoms with E-state index in [0.29, 0.717) is 17.1 Å². The minimum absolute atomic E-state index is 0.546. The van der Waals surface area contributed by atoms with Gasteiger partial charge in [0.25, 0.3) is 0 Å². The van der Waals surface area contributed by atoms with E-state index >= 15 is 0 Å². The molecule has 0 fully saturated rings. The van der Waals surface area contributed by atoms with Crippen molar-refractivity contribution < 1.29 is 9.15 Å². The first-order valence-corrected chi connectivity index (χ1v) is 5.89. The molecule has 0 aliphatic heterocycles. The Morgan fingerprint density at radius 1 is 1.11 bits per heavy atom. The number of hydrogen-bond acceptors (Lipinski definition) is 4. The van der Waals surface area contributed by atoms with Crippen LogP contribution in [-0.4, -0.2) is 17.1 Å². The molecule has 4 heteroatoms. The molecule has 0 atom stereocenters. The number of methoxy groups -OCH3 is 1. The van der Waals surface area contributed by atoms with Crippen molar-refractivity contribution in [1.29, 1.82) is 0 Å². The largest absolute Gasteiger partial charge is 0.497 e. The fourth-order valence-corrected chi connectivity index (χ4v) is 1.74. The molecule has 0 aliphatic rings. The lowest BCUT2D eigenvalue weighted by Gasteiger charge is -1.98. The molecular weight excluding hydrogens is 240 g/mol. The van der Waals surface area contributed by atoms with E-state index in [1.807, 2.05) is 48.6 Å². The summed E-state index contributed by atoms with van der Waals surface area (Å²) in [6.07, 6.45) is 5.45. The van der Waals surface area contributed by atoms with Crippen molar-refractivity contribution in [2.45, 2.75) is 0 Å². The van der Waals surface area contributed by atoms with E-state index in [1.54, 1.807) is 13.3 Å². The van der Waals surface area contributed by atoms with Gasteiger partial charge in [0.05, 0.1) is 7.11 Å². The van der Waals surface area contributed by atoms with Crippen LogP contribution in [0.15, 0.2) is 47.0 Å². The third-order valence-corrected chi connectivity index (χ3v) is 2.72. The second-order valence-corrected chi connectivity index (χ2v) is 3.98. The van der Waals surface area contributed by atoms with E-state index in [2.05, 4.69) is 9.97 Å². The molecule has 3 rings (SSSR count). The molecule has 94 valence electrons. The monoisotopic (exact) mass is 252 g/mol. The van der Waals surface area contributed by atoms with Crippen LogP contribution in [-0.2, 0) is 0 Å².